The Labute approximate surface area is 129 Å². The first-order chi connectivity index (χ1) is 10.3. The van der Waals surface area contributed by atoms with Gasteiger partial charge in [0.1, 0.15) is 5.00 Å². The van der Waals surface area contributed by atoms with Crippen LogP contribution in [-0.2, 0) is 6.42 Å². The summed E-state index contributed by atoms with van der Waals surface area (Å²) < 4.78 is 37.1. The van der Waals surface area contributed by atoms with Crippen molar-refractivity contribution in [2.24, 2.45) is 0 Å². The van der Waals surface area contributed by atoms with Crippen LogP contribution in [0.2, 0.25) is 0 Å². The first-order valence-corrected chi connectivity index (χ1v) is 7.23. The Kier molecular flexibility index (Phi) is 4.70. The van der Waals surface area contributed by atoms with Gasteiger partial charge >= 0.3 is 6.18 Å². The molecule has 0 spiro atoms. The predicted molar refractivity (Wildman–Crippen MR) is 80.1 cm³/mol. The fourth-order valence-corrected chi connectivity index (χ4v) is 2.56. The highest BCUT2D eigenvalue weighted by Gasteiger charge is 2.28. The highest BCUT2D eigenvalue weighted by Crippen LogP contribution is 2.27. The van der Waals surface area contributed by atoms with Crippen LogP contribution in [0.1, 0.15) is 22.3 Å². The van der Waals surface area contributed by atoms with E-state index in [0.29, 0.717) is 15.7 Å². The van der Waals surface area contributed by atoms with Crippen LogP contribution in [0, 0.1) is 0 Å². The van der Waals surface area contributed by atoms with Crippen LogP contribution in [0.4, 0.5) is 23.3 Å². The summed E-state index contributed by atoms with van der Waals surface area (Å²) in [6, 6.07) is 6.28. The Balaban J connectivity index is 2.22. The van der Waals surface area contributed by atoms with Crippen molar-refractivity contribution >= 4 is 27.4 Å². The molecule has 1 heterocycles. The highest BCUT2D eigenvalue weighted by molar-refractivity contribution is 7.19. The highest BCUT2D eigenvalue weighted by atomic mass is 32.1. The molecule has 0 atom stereocenters. The number of hydrogen-bond donors (Lipinski definition) is 1. The number of carbonyl (C=O) groups excluding carboxylic acids is 1. The van der Waals surface area contributed by atoms with Crippen LogP contribution < -0.4 is 10.6 Å². The number of alkyl halides is 3. The van der Waals surface area contributed by atoms with Gasteiger partial charge in [-0.15, -0.1) is 0 Å². The van der Waals surface area contributed by atoms with Crippen molar-refractivity contribution in [3.8, 4) is 0 Å². The maximum Gasteiger partial charge on any atom is 0.389 e. The number of hydrogen-bond acceptors (Lipinski definition) is 4. The minimum atomic E-state index is -4.26. The SMILES string of the molecule is CN(C(=O)c1ccccc1CCC(F)(F)F)c1ncc(N)s1. The lowest BCUT2D eigenvalue weighted by atomic mass is 10.0. The topological polar surface area (TPSA) is 59.2 Å². The summed E-state index contributed by atoms with van der Waals surface area (Å²) >= 11 is 1.13. The number of nitrogens with zero attached hydrogens (tertiary/aromatic N) is 2. The molecule has 0 aliphatic heterocycles. The maximum absolute atomic E-state index is 12.5. The van der Waals surface area contributed by atoms with Gasteiger partial charge in [-0.25, -0.2) is 4.98 Å². The lowest BCUT2D eigenvalue weighted by Gasteiger charge is -2.16. The molecule has 118 valence electrons. The Hall–Kier alpha value is -2.09. The second-order valence-electron chi connectivity index (χ2n) is 4.68. The molecule has 2 rings (SSSR count). The Morgan fingerprint density at radius 2 is 2.05 bits per heavy atom. The second kappa shape index (κ2) is 6.35. The van der Waals surface area contributed by atoms with Crippen molar-refractivity contribution in [3.05, 3.63) is 41.6 Å². The van der Waals surface area contributed by atoms with Crippen LogP contribution in [0.15, 0.2) is 30.5 Å². The maximum atomic E-state index is 12.5. The van der Waals surface area contributed by atoms with Crippen LogP contribution in [-0.4, -0.2) is 24.1 Å². The molecule has 1 aromatic heterocycles. The number of anilines is 2. The van der Waals surface area contributed by atoms with E-state index < -0.39 is 18.5 Å². The van der Waals surface area contributed by atoms with E-state index in [0.717, 1.165) is 11.3 Å². The molecular formula is C14H14F3N3OS. The number of aromatic nitrogens is 1. The van der Waals surface area contributed by atoms with Crippen LogP contribution in [0.5, 0.6) is 0 Å². The lowest BCUT2D eigenvalue weighted by Crippen LogP contribution is -2.27. The normalized spacial score (nSPS) is 11.5. The minimum Gasteiger partial charge on any atom is -0.389 e. The summed E-state index contributed by atoms with van der Waals surface area (Å²) in [6.45, 7) is 0. The summed E-state index contributed by atoms with van der Waals surface area (Å²) in [5, 5.41) is 0.855. The third-order valence-electron chi connectivity index (χ3n) is 3.03. The Morgan fingerprint density at radius 1 is 1.36 bits per heavy atom. The molecule has 0 aliphatic carbocycles. The molecule has 0 aliphatic rings. The van der Waals surface area contributed by atoms with Crippen molar-refractivity contribution in [3.63, 3.8) is 0 Å². The summed E-state index contributed by atoms with van der Waals surface area (Å²) in [5.41, 5.74) is 6.17. The molecule has 0 fully saturated rings. The van der Waals surface area contributed by atoms with Gasteiger partial charge in [0, 0.05) is 19.0 Å². The van der Waals surface area contributed by atoms with Gasteiger partial charge in [0.15, 0.2) is 5.13 Å². The molecule has 4 nitrogen and oxygen atoms in total. The van der Waals surface area contributed by atoms with E-state index in [1.54, 1.807) is 12.1 Å². The molecule has 0 saturated heterocycles. The quantitative estimate of drug-likeness (QED) is 0.934. The fraction of sp³-hybridized carbons (Fsp3) is 0.286. The first kappa shape index (κ1) is 16.3. The standard InChI is InChI=1S/C14H14F3N3OS/c1-20(13-19-8-11(18)22-13)12(21)10-5-3-2-4-9(10)6-7-14(15,16)17/h2-5,8H,6-7,18H2,1H3. The number of nitrogens with two attached hydrogens (primary N) is 1. The van der Waals surface area contributed by atoms with E-state index in [1.165, 1.54) is 30.3 Å². The van der Waals surface area contributed by atoms with Gasteiger partial charge in [-0.3, -0.25) is 9.69 Å². The summed E-state index contributed by atoms with van der Waals surface area (Å²) in [6.07, 6.45) is -4.03. The number of nitrogen functional groups attached to an aromatic ring is 1. The van der Waals surface area contributed by atoms with Crippen molar-refractivity contribution in [1.29, 1.82) is 0 Å². The van der Waals surface area contributed by atoms with E-state index in [9.17, 15) is 18.0 Å². The summed E-state index contributed by atoms with van der Waals surface area (Å²) in [5.74, 6) is -0.410. The van der Waals surface area contributed by atoms with E-state index in [-0.39, 0.29) is 12.0 Å². The van der Waals surface area contributed by atoms with Crippen molar-refractivity contribution in [2.45, 2.75) is 19.0 Å². The molecule has 22 heavy (non-hydrogen) atoms. The number of rotatable bonds is 4. The number of thiazole rings is 1. The molecule has 2 N–H and O–H groups in total. The summed E-state index contributed by atoms with van der Waals surface area (Å²) in [4.78, 5) is 17.8. The monoisotopic (exact) mass is 329 g/mol. The van der Waals surface area contributed by atoms with Gasteiger partial charge in [0.25, 0.3) is 5.91 Å². The molecule has 1 aromatic carbocycles. The zero-order chi connectivity index (χ0) is 16.3. The third-order valence-corrected chi connectivity index (χ3v) is 3.93. The van der Waals surface area contributed by atoms with Gasteiger partial charge < -0.3 is 5.73 Å². The largest absolute Gasteiger partial charge is 0.389 e. The van der Waals surface area contributed by atoms with Gasteiger partial charge in [0.05, 0.1) is 6.20 Å². The third kappa shape index (κ3) is 3.97. The number of amides is 1. The summed E-state index contributed by atoms with van der Waals surface area (Å²) in [7, 11) is 1.52. The molecule has 0 bridgehead atoms. The molecule has 0 radical (unpaired) electrons. The average molecular weight is 329 g/mol. The second-order valence-corrected chi connectivity index (χ2v) is 5.72. The molecule has 8 heteroatoms. The van der Waals surface area contributed by atoms with Crippen LogP contribution >= 0.6 is 11.3 Å². The number of carbonyl (C=O) groups is 1. The fourth-order valence-electron chi connectivity index (χ4n) is 1.92. The molecule has 2 aromatic rings. The zero-order valence-electron chi connectivity index (χ0n) is 11.7. The molecular weight excluding hydrogens is 315 g/mol. The zero-order valence-corrected chi connectivity index (χ0v) is 12.5. The predicted octanol–water partition coefficient (Wildman–Crippen LogP) is 3.50. The van der Waals surface area contributed by atoms with E-state index in [2.05, 4.69) is 4.98 Å². The van der Waals surface area contributed by atoms with Gasteiger partial charge in [0.2, 0.25) is 0 Å². The van der Waals surface area contributed by atoms with Crippen molar-refractivity contribution < 1.29 is 18.0 Å². The van der Waals surface area contributed by atoms with Crippen molar-refractivity contribution in [2.75, 3.05) is 17.7 Å². The van der Waals surface area contributed by atoms with Crippen LogP contribution in [0.25, 0.3) is 0 Å². The van der Waals surface area contributed by atoms with Gasteiger partial charge in [-0.2, -0.15) is 13.2 Å². The number of aryl methyl sites for hydroxylation is 1. The minimum absolute atomic E-state index is 0.237. The van der Waals surface area contributed by atoms with Crippen LogP contribution in [0.3, 0.4) is 0 Å². The van der Waals surface area contributed by atoms with E-state index in [4.69, 9.17) is 5.73 Å². The van der Waals surface area contributed by atoms with Crippen molar-refractivity contribution in [1.82, 2.24) is 4.98 Å². The first-order valence-electron chi connectivity index (χ1n) is 6.42. The van der Waals surface area contributed by atoms with E-state index in [1.807, 2.05) is 0 Å². The Bertz CT molecular complexity index is 669. The number of halogens is 3. The smallest absolute Gasteiger partial charge is 0.389 e. The lowest BCUT2D eigenvalue weighted by molar-refractivity contribution is -0.134. The molecule has 0 saturated carbocycles. The number of benzene rings is 1. The van der Waals surface area contributed by atoms with Gasteiger partial charge in [-0.05, 0) is 18.1 Å². The van der Waals surface area contributed by atoms with E-state index >= 15 is 0 Å². The van der Waals surface area contributed by atoms with Gasteiger partial charge in [-0.1, -0.05) is 29.5 Å². The molecule has 0 unspecified atom stereocenters. The average Bonchev–Trinajstić information content (AvgIpc) is 2.89. The Morgan fingerprint density at radius 3 is 2.64 bits per heavy atom. The molecule has 1 amide bonds.